The van der Waals surface area contributed by atoms with Gasteiger partial charge in [0.25, 0.3) is 0 Å². The third kappa shape index (κ3) is 5.75. The molecule has 0 aromatic rings. The second kappa shape index (κ2) is 6.90. The van der Waals surface area contributed by atoms with Crippen LogP contribution in [0.2, 0.25) is 0 Å². The van der Waals surface area contributed by atoms with Crippen LogP contribution >= 0.6 is 0 Å². The molecule has 2 unspecified atom stereocenters. The minimum Gasteiger partial charge on any atom is -0.465 e. The van der Waals surface area contributed by atoms with E-state index in [1.807, 2.05) is 0 Å². The quantitative estimate of drug-likeness (QED) is 0.593. The number of carboxylic acid groups (broad SMARTS) is 1. The van der Waals surface area contributed by atoms with Crippen molar-refractivity contribution in [3.63, 3.8) is 0 Å². The number of aliphatic hydroxyl groups is 1. The highest BCUT2D eigenvalue weighted by molar-refractivity contribution is 5.71. The van der Waals surface area contributed by atoms with E-state index in [9.17, 15) is 14.7 Å². The Morgan fingerprint density at radius 1 is 1.40 bits per heavy atom. The fourth-order valence-electron chi connectivity index (χ4n) is 2.08. The van der Waals surface area contributed by atoms with Gasteiger partial charge in [-0.1, -0.05) is 0 Å². The number of esters is 1. The van der Waals surface area contributed by atoms with Crippen molar-refractivity contribution in [3.8, 4) is 0 Å². The summed E-state index contributed by atoms with van der Waals surface area (Å²) in [6, 6.07) is 0. The summed E-state index contributed by atoms with van der Waals surface area (Å²) in [6.45, 7) is 5.56. The number of hydrogen-bond acceptors (Lipinski definition) is 5. The van der Waals surface area contributed by atoms with Crippen molar-refractivity contribution in [2.45, 2.75) is 45.5 Å². The predicted octanol–water partition coefficient (Wildman–Crippen LogP) is 1.05. The highest BCUT2D eigenvalue weighted by atomic mass is 16.6. The smallest absolute Gasteiger partial charge is 0.407 e. The highest BCUT2D eigenvalue weighted by Crippen LogP contribution is 2.20. The van der Waals surface area contributed by atoms with Gasteiger partial charge in [-0.2, -0.15) is 0 Å². The molecule has 7 heteroatoms. The normalized spacial score (nSPS) is 21.4. The molecule has 116 valence electrons. The van der Waals surface area contributed by atoms with E-state index in [1.54, 1.807) is 20.8 Å². The van der Waals surface area contributed by atoms with Gasteiger partial charge in [-0.3, -0.25) is 0 Å². The molecule has 0 aromatic carbocycles. The van der Waals surface area contributed by atoms with Crippen LogP contribution in [0.15, 0.2) is 0 Å². The van der Waals surface area contributed by atoms with Crippen molar-refractivity contribution in [1.29, 1.82) is 0 Å². The Labute approximate surface area is 118 Å². The van der Waals surface area contributed by atoms with Crippen LogP contribution in [-0.2, 0) is 14.3 Å². The molecule has 0 saturated carbocycles. The fourth-order valence-corrected chi connectivity index (χ4v) is 2.08. The number of piperidine rings is 1. The molecule has 1 saturated heterocycles. The molecule has 0 radical (unpaired) electrons. The maximum Gasteiger partial charge on any atom is 0.407 e. The average Bonchev–Trinajstić information content (AvgIpc) is 2.34. The Bertz CT molecular complexity index is 351. The van der Waals surface area contributed by atoms with Crippen LogP contribution in [0, 0.1) is 5.92 Å². The lowest BCUT2D eigenvalue weighted by atomic mass is 9.98. The maximum atomic E-state index is 11.5. The summed E-state index contributed by atoms with van der Waals surface area (Å²) in [4.78, 5) is 23.6. The third-order valence-electron chi connectivity index (χ3n) is 2.92. The van der Waals surface area contributed by atoms with E-state index in [1.165, 1.54) is 4.90 Å². The number of amides is 1. The lowest BCUT2D eigenvalue weighted by Crippen LogP contribution is -2.44. The molecule has 0 bridgehead atoms. The Kier molecular flexibility index (Phi) is 5.76. The monoisotopic (exact) mass is 289 g/mol. The summed E-state index contributed by atoms with van der Waals surface area (Å²) < 4.78 is 10.1. The first kappa shape index (κ1) is 16.7. The number of carbonyl (C=O) groups excluding carboxylic acids is 1. The fraction of sp³-hybridized carbons (Fsp3) is 0.846. The van der Waals surface area contributed by atoms with Gasteiger partial charge in [-0.15, -0.1) is 0 Å². The van der Waals surface area contributed by atoms with Gasteiger partial charge in [0, 0.05) is 19.0 Å². The number of likely N-dealkylation sites (tertiary alicyclic amines) is 1. The van der Waals surface area contributed by atoms with Gasteiger partial charge >= 0.3 is 12.1 Å². The number of hydrogen-bond donors (Lipinski definition) is 2. The van der Waals surface area contributed by atoms with Gasteiger partial charge in [-0.25, -0.2) is 9.59 Å². The van der Waals surface area contributed by atoms with Crippen LogP contribution in [-0.4, -0.2) is 58.8 Å². The second-order valence-electron chi connectivity index (χ2n) is 5.92. The van der Waals surface area contributed by atoms with Crippen LogP contribution in [0.5, 0.6) is 0 Å². The second-order valence-corrected chi connectivity index (χ2v) is 5.92. The van der Waals surface area contributed by atoms with Gasteiger partial charge in [0.15, 0.2) is 6.29 Å². The summed E-state index contributed by atoms with van der Waals surface area (Å²) in [5.74, 6) is -0.871. The molecule has 1 fully saturated rings. The van der Waals surface area contributed by atoms with E-state index in [0.717, 1.165) is 0 Å². The number of ether oxygens (including phenoxy) is 2. The van der Waals surface area contributed by atoms with Gasteiger partial charge < -0.3 is 24.6 Å². The first-order chi connectivity index (χ1) is 9.19. The first-order valence-corrected chi connectivity index (χ1v) is 6.68. The zero-order chi connectivity index (χ0) is 15.3. The lowest BCUT2D eigenvalue weighted by Gasteiger charge is -2.33. The number of nitrogens with zero attached hydrogens (tertiary/aromatic N) is 1. The van der Waals surface area contributed by atoms with Crippen LogP contribution in [0.1, 0.15) is 33.6 Å². The Hall–Kier alpha value is -1.34. The van der Waals surface area contributed by atoms with E-state index in [2.05, 4.69) is 0 Å². The molecular weight excluding hydrogens is 266 g/mol. The molecule has 2 atom stereocenters. The van der Waals surface area contributed by atoms with Crippen LogP contribution in [0.3, 0.4) is 0 Å². The van der Waals surface area contributed by atoms with Gasteiger partial charge in [-0.05, 0) is 33.6 Å². The third-order valence-corrected chi connectivity index (χ3v) is 2.92. The van der Waals surface area contributed by atoms with E-state index >= 15 is 0 Å². The molecule has 7 nitrogen and oxygen atoms in total. The van der Waals surface area contributed by atoms with Crippen molar-refractivity contribution in [1.82, 2.24) is 4.90 Å². The van der Waals surface area contributed by atoms with E-state index in [4.69, 9.17) is 14.6 Å². The molecule has 1 amide bonds. The molecule has 1 heterocycles. The lowest BCUT2D eigenvalue weighted by molar-refractivity contribution is -0.182. The van der Waals surface area contributed by atoms with E-state index < -0.39 is 24.0 Å². The van der Waals surface area contributed by atoms with Gasteiger partial charge in [0.2, 0.25) is 0 Å². The molecule has 1 rings (SSSR count). The summed E-state index contributed by atoms with van der Waals surface area (Å²) in [5, 5.41) is 18.8. The van der Waals surface area contributed by atoms with Crippen LogP contribution in [0.25, 0.3) is 0 Å². The van der Waals surface area contributed by atoms with Crippen molar-refractivity contribution in [2.75, 3.05) is 19.7 Å². The topological polar surface area (TPSA) is 96.3 Å². The Morgan fingerprint density at radius 2 is 2.05 bits per heavy atom. The van der Waals surface area contributed by atoms with Crippen molar-refractivity contribution >= 4 is 12.1 Å². The standard InChI is InChI=1S/C13H23NO6/c1-13(2,3)20-10(15)8-19-11(16)9-5-4-6-14(7-9)12(17)18/h9,11,16H,4-8H2,1-3H3,(H,17,18). The molecular formula is C13H23NO6. The van der Waals surface area contributed by atoms with Crippen LogP contribution < -0.4 is 0 Å². The molecule has 0 aliphatic carbocycles. The zero-order valence-electron chi connectivity index (χ0n) is 12.2. The van der Waals surface area contributed by atoms with E-state index in [-0.39, 0.29) is 19.1 Å². The summed E-state index contributed by atoms with van der Waals surface area (Å²) in [6.07, 6.45) is -0.831. The molecule has 20 heavy (non-hydrogen) atoms. The number of aliphatic hydroxyl groups excluding tert-OH is 1. The zero-order valence-corrected chi connectivity index (χ0v) is 12.2. The maximum absolute atomic E-state index is 11.5. The number of carbonyl (C=O) groups is 2. The molecule has 0 spiro atoms. The molecule has 2 N–H and O–H groups in total. The molecule has 0 aromatic heterocycles. The summed E-state index contributed by atoms with van der Waals surface area (Å²) in [7, 11) is 0. The summed E-state index contributed by atoms with van der Waals surface area (Å²) >= 11 is 0. The van der Waals surface area contributed by atoms with Crippen molar-refractivity contribution in [2.24, 2.45) is 5.92 Å². The van der Waals surface area contributed by atoms with Crippen molar-refractivity contribution in [3.05, 3.63) is 0 Å². The molecule has 1 aliphatic rings. The summed E-state index contributed by atoms with van der Waals surface area (Å²) in [5.41, 5.74) is -0.601. The highest BCUT2D eigenvalue weighted by Gasteiger charge is 2.29. The predicted molar refractivity (Wildman–Crippen MR) is 70.1 cm³/mol. The van der Waals surface area contributed by atoms with E-state index in [0.29, 0.717) is 19.4 Å². The Balaban J connectivity index is 2.37. The van der Waals surface area contributed by atoms with Crippen LogP contribution in [0.4, 0.5) is 4.79 Å². The SMILES string of the molecule is CC(C)(C)OC(=O)COC(O)C1CCCN(C(=O)O)C1. The van der Waals surface area contributed by atoms with Gasteiger partial charge in [0.05, 0.1) is 0 Å². The Morgan fingerprint density at radius 3 is 2.60 bits per heavy atom. The van der Waals surface area contributed by atoms with Gasteiger partial charge in [0.1, 0.15) is 12.2 Å². The van der Waals surface area contributed by atoms with Crippen molar-refractivity contribution < 1.29 is 29.3 Å². The average molecular weight is 289 g/mol. The minimum atomic E-state index is -1.16. The largest absolute Gasteiger partial charge is 0.465 e. The minimum absolute atomic E-state index is 0.213. The first-order valence-electron chi connectivity index (χ1n) is 6.68. The molecule has 1 aliphatic heterocycles. The number of rotatable bonds is 4.